The van der Waals surface area contributed by atoms with Gasteiger partial charge in [-0.05, 0) is 48.9 Å². The molecule has 0 heterocycles. The van der Waals surface area contributed by atoms with Crippen molar-refractivity contribution in [2.24, 2.45) is 0 Å². The first kappa shape index (κ1) is 15.9. The lowest BCUT2D eigenvalue weighted by Crippen LogP contribution is -2.32. The van der Waals surface area contributed by atoms with Crippen molar-refractivity contribution in [1.82, 2.24) is 5.32 Å². The van der Waals surface area contributed by atoms with Crippen molar-refractivity contribution < 1.29 is 4.79 Å². The van der Waals surface area contributed by atoms with E-state index in [2.05, 4.69) is 26.6 Å². The standard InChI is InChI=1S/C16H16BrClN2O/c1-11(12-3-2-4-14(18)9-12)20-16(21)10-19-15-7-5-13(17)6-8-15/h2-9,11,19H,10H2,1H3,(H,20,21)/t11-/m0/s1. The minimum atomic E-state index is -0.0806. The molecule has 2 rings (SSSR count). The summed E-state index contributed by atoms with van der Waals surface area (Å²) in [5, 5.41) is 6.68. The molecule has 0 saturated heterocycles. The lowest BCUT2D eigenvalue weighted by atomic mass is 10.1. The lowest BCUT2D eigenvalue weighted by Gasteiger charge is -2.15. The summed E-state index contributed by atoms with van der Waals surface area (Å²) in [4.78, 5) is 11.9. The topological polar surface area (TPSA) is 41.1 Å². The number of rotatable bonds is 5. The van der Waals surface area contributed by atoms with Crippen LogP contribution in [0.25, 0.3) is 0 Å². The van der Waals surface area contributed by atoms with Gasteiger partial charge in [0.05, 0.1) is 12.6 Å². The molecule has 110 valence electrons. The Bertz CT molecular complexity index is 616. The summed E-state index contributed by atoms with van der Waals surface area (Å²) in [6, 6.07) is 15.1. The Labute approximate surface area is 137 Å². The number of nitrogens with one attached hydrogen (secondary N) is 2. The van der Waals surface area contributed by atoms with Crippen LogP contribution in [-0.2, 0) is 4.79 Å². The van der Waals surface area contributed by atoms with Crippen LogP contribution < -0.4 is 10.6 Å². The number of benzene rings is 2. The maximum Gasteiger partial charge on any atom is 0.239 e. The molecule has 0 bridgehead atoms. The van der Waals surface area contributed by atoms with Gasteiger partial charge in [-0.1, -0.05) is 39.7 Å². The zero-order chi connectivity index (χ0) is 15.2. The second-order valence-electron chi connectivity index (χ2n) is 4.70. The van der Waals surface area contributed by atoms with E-state index in [9.17, 15) is 4.79 Å². The third-order valence-electron chi connectivity index (χ3n) is 3.02. The van der Waals surface area contributed by atoms with Gasteiger partial charge in [-0.25, -0.2) is 0 Å². The zero-order valence-corrected chi connectivity index (χ0v) is 13.9. The second-order valence-corrected chi connectivity index (χ2v) is 6.06. The number of hydrogen-bond acceptors (Lipinski definition) is 2. The zero-order valence-electron chi connectivity index (χ0n) is 11.6. The van der Waals surface area contributed by atoms with Crippen molar-refractivity contribution in [3.8, 4) is 0 Å². The van der Waals surface area contributed by atoms with Gasteiger partial charge in [0.25, 0.3) is 0 Å². The van der Waals surface area contributed by atoms with Crippen LogP contribution in [-0.4, -0.2) is 12.5 Å². The third kappa shape index (κ3) is 5.06. The van der Waals surface area contributed by atoms with Crippen molar-refractivity contribution in [1.29, 1.82) is 0 Å². The first-order valence-corrected chi connectivity index (χ1v) is 7.76. The number of carbonyl (C=O) groups is 1. The molecule has 2 aromatic rings. The molecule has 2 N–H and O–H groups in total. The fraction of sp³-hybridized carbons (Fsp3) is 0.188. The van der Waals surface area contributed by atoms with E-state index in [0.29, 0.717) is 5.02 Å². The van der Waals surface area contributed by atoms with Crippen molar-refractivity contribution in [3.05, 3.63) is 63.6 Å². The molecule has 1 amide bonds. The highest BCUT2D eigenvalue weighted by molar-refractivity contribution is 9.10. The summed E-state index contributed by atoms with van der Waals surface area (Å²) in [6.07, 6.45) is 0. The van der Waals surface area contributed by atoms with Crippen molar-refractivity contribution in [2.45, 2.75) is 13.0 Å². The van der Waals surface area contributed by atoms with Crippen LogP contribution in [0, 0.1) is 0 Å². The SMILES string of the molecule is C[C@H](NC(=O)CNc1ccc(Br)cc1)c1cccc(Cl)c1. The molecule has 0 aliphatic carbocycles. The normalized spacial score (nSPS) is 11.8. The summed E-state index contributed by atoms with van der Waals surface area (Å²) in [5.74, 6) is -0.0644. The Balaban J connectivity index is 1.85. The molecule has 0 fully saturated rings. The number of halogens is 2. The van der Waals surface area contributed by atoms with Gasteiger partial charge in [0, 0.05) is 15.2 Å². The molecule has 0 aromatic heterocycles. The number of anilines is 1. The molecule has 21 heavy (non-hydrogen) atoms. The Hall–Kier alpha value is -1.52. The number of carbonyl (C=O) groups excluding carboxylic acids is 1. The lowest BCUT2D eigenvalue weighted by molar-refractivity contribution is -0.120. The van der Waals surface area contributed by atoms with Crippen molar-refractivity contribution in [2.75, 3.05) is 11.9 Å². The van der Waals surface area contributed by atoms with Gasteiger partial charge in [-0.2, -0.15) is 0 Å². The van der Waals surface area contributed by atoms with E-state index in [1.54, 1.807) is 0 Å². The van der Waals surface area contributed by atoms with Crippen LogP contribution in [0.1, 0.15) is 18.5 Å². The molecule has 1 atom stereocenters. The summed E-state index contributed by atoms with van der Waals surface area (Å²) in [5.41, 5.74) is 1.89. The van der Waals surface area contributed by atoms with Gasteiger partial charge in [0.15, 0.2) is 0 Å². The Morgan fingerprint density at radius 1 is 1.24 bits per heavy atom. The molecule has 0 aliphatic rings. The fourth-order valence-electron chi connectivity index (χ4n) is 1.90. The monoisotopic (exact) mass is 366 g/mol. The predicted octanol–water partition coefficient (Wildman–Crippen LogP) is 4.39. The van der Waals surface area contributed by atoms with E-state index in [4.69, 9.17) is 11.6 Å². The molecule has 0 radical (unpaired) electrons. The summed E-state index contributed by atoms with van der Waals surface area (Å²) in [6.45, 7) is 2.16. The molecular weight excluding hydrogens is 352 g/mol. The van der Waals surface area contributed by atoms with Gasteiger partial charge >= 0.3 is 0 Å². The average molecular weight is 368 g/mol. The highest BCUT2D eigenvalue weighted by Gasteiger charge is 2.09. The molecule has 2 aromatic carbocycles. The molecule has 0 spiro atoms. The van der Waals surface area contributed by atoms with Crippen molar-refractivity contribution in [3.63, 3.8) is 0 Å². The molecule has 5 heteroatoms. The second kappa shape index (κ2) is 7.48. The van der Waals surface area contributed by atoms with Gasteiger partial charge in [0.1, 0.15) is 0 Å². The van der Waals surface area contributed by atoms with E-state index in [-0.39, 0.29) is 18.5 Å². The minimum Gasteiger partial charge on any atom is -0.376 e. The molecule has 3 nitrogen and oxygen atoms in total. The largest absolute Gasteiger partial charge is 0.376 e. The van der Waals surface area contributed by atoms with Crippen LogP contribution in [0.15, 0.2) is 53.0 Å². The van der Waals surface area contributed by atoms with Gasteiger partial charge in [-0.15, -0.1) is 0 Å². The van der Waals surface area contributed by atoms with E-state index in [1.165, 1.54) is 0 Å². The minimum absolute atomic E-state index is 0.0644. The third-order valence-corrected chi connectivity index (χ3v) is 3.79. The molecular formula is C16H16BrClN2O. The summed E-state index contributed by atoms with van der Waals surface area (Å²) in [7, 11) is 0. The van der Waals surface area contributed by atoms with Crippen LogP contribution in [0.4, 0.5) is 5.69 Å². The van der Waals surface area contributed by atoms with E-state index in [1.807, 2.05) is 55.5 Å². The highest BCUT2D eigenvalue weighted by Crippen LogP contribution is 2.17. The Morgan fingerprint density at radius 2 is 1.95 bits per heavy atom. The first-order chi connectivity index (χ1) is 10.0. The van der Waals surface area contributed by atoms with E-state index < -0.39 is 0 Å². The van der Waals surface area contributed by atoms with Crippen LogP contribution >= 0.6 is 27.5 Å². The average Bonchev–Trinajstić information content (AvgIpc) is 2.46. The molecule has 0 aliphatic heterocycles. The predicted molar refractivity (Wildman–Crippen MR) is 90.6 cm³/mol. The van der Waals surface area contributed by atoms with E-state index >= 15 is 0 Å². The van der Waals surface area contributed by atoms with Gasteiger partial charge in [0.2, 0.25) is 5.91 Å². The number of amides is 1. The quantitative estimate of drug-likeness (QED) is 0.823. The van der Waals surface area contributed by atoms with Crippen LogP contribution in [0.5, 0.6) is 0 Å². The maximum atomic E-state index is 11.9. The van der Waals surface area contributed by atoms with Crippen molar-refractivity contribution >= 4 is 39.1 Å². The van der Waals surface area contributed by atoms with Crippen LogP contribution in [0.2, 0.25) is 5.02 Å². The highest BCUT2D eigenvalue weighted by atomic mass is 79.9. The number of hydrogen-bond donors (Lipinski definition) is 2. The fourth-order valence-corrected chi connectivity index (χ4v) is 2.36. The van der Waals surface area contributed by atoms with Gasteiger partial charge < -0.3 is 10.6 Å². The summed E-state index contributed by atoms with van der Waals surface area (Å²) >= 11 is 9.32. The first-order valence-electron chi connectivity index (χ1n) is 6.59. The summed E-state index contributed by atoms with van der Waals surface area (Å²) < 4.78 is 1.01. The van der Waals surface area contributed by atoms with E-state index in [0.717, 1.165) is 15.7 Å². The van der Waals surface area contributed by atoms with Gasteiger partial charge in [-0.3, -0.25) is 4.79 Å². The molecule has 0 saturated carbocycles. The maximum absolute atomic E-state index is 11.9. The smallest absolute Gasteiger partial charge is 0.239 e. The molecule has 0 unspecified atom stereocenters. The van der Waals surface area contributed by atoms with Crippen LogP contribution in [0.3, 0.4) is 0 Å². The Kier molecular flexibility index (Phi) is 5.65. The Morgan fingerprint density at radius 3 is 2.62 bits per heavy atom.